The second-order valence-electron chi connectivity index (χ2n) is 6.67. The van der Waals surface area contributed by atoms with E-state index in [2.05, 4.69) is 40.7 Å². The quantitative estimate of drug-likeness (QED) is 0.375. The summed E-state index contributed by atoms with van der Waals surface area (Å²) < 4.78 is 5.41. The molecular weight excluding hydrogens is 427 g/mol. The van der Waals surface area contributed by atoms with E-state index in [1.54, 1.807) is 7.11 Å². The highest BCUT2D eigenvalue weighted by Crippen LogP contribution is 2.28. The maximum absolute atomic E-state index is 5.41. The van der Waals surface area contributed by atoms with E-state index in [0.29, 0.717) is 12.1 Å². The molecule has 1 atom stereocenters. The predicted molar refractivity (Wildman–Crippen MR) is 114 cm³/mol. The van der Waals surface area contributed by atoms with Gasteiger partial charge < -0.3 is 15.4 Å². The molecule has 1 saturated carbocycles. The summed E-state index contributed by atoms with van der Waals surface area (Å²) in [4.78, 5) is 7.44. The zero-order chi connectivity index (χ0) is 16.8. The number of hydrogen-bond donors (Lipinski definition) is 2. The Hall–Kier alpha value is -1.02. The van der Waals surface area contributed by atoms with Gasteiger partial charge in [0.15, 0.2) is 5.96 Å². The fourth-order valence-electron chi connectivity index (χ4n) is 3.25. The molecule has 5 nitrogen and oxygen atoms in total. The molecule has 2 aliphatic rings. The van der Waals surface area contributed by atoms with Gasteiger partial charge in [-0.25, -0.2) is 0 Å². The third-order valence-electron chi connectivity index (χ3n) is 4.74. The molecular formula is C19H31IN4O. The summed E-state index contributed by atoms with van der Waals surface area (Å²) in [7, 11) is 1.73. The van der Waals surface area contributed by atoms with Crippen molar-refractivity contribution in [3.63, 3.8) is 0 Å². The van der Waals surface area contributed by atoms with Crippen LogP contribution in [0.15, 0.2) is 29.3 Å². The van der Waals surface area contributed by atoms with Crippen LogP contribution in [-0.4, -0.2) is 50.2 Å². The smallest absolute Gasteiger partial charge is 0.191 e. The van der Waals surface area contributed by atoms with E-state index < -0.39 is 0 Å². The van der Waals surface area contributed by atoms with Gasteiger partial charge in [-0.05, 0) is 63.4 Å². The number of hydrogen-bond acceptors (Lipinski definition) is 3. The highest BCUT2D eigenvalue weighted by molar-refractivity contribution is 14.0. The van der Waals surface area contributed by atoms with Crippen molar-refractivity contribution in [2.24, 2.45) is 4.99 Å². The van der Waals surface area contributed by atoms with Crippen LogP contribution in [0.5, 0.6) is 5.75 Å². The molecule has 0 spiro atoms. The van der Waals surface area contributed by atoms with Crippen molar-refractivity contribution in [2.45, 2.75) is 44.7 Å². The standard InChI is InChI=1S/C19H30N4O.HI/c1-3-20-19(22-16-9-10-16)21-14-18(23-11-4-5-12-23)15-7-6-8-17(13-15)24-2;/h6-8,13,16,18H,3-5,9-12,14H2,1-2H3,(H2,20,21,22);1H. The second kappa shape index (κ2) is 10.2. The molecule has 2 fully saturated rings. The Labute approximate surface area is 168 Å². The molecule has 140 valence electrons. The van der Waals surface area contributed by atoms with Crippen LogP contribution in [0.4, 0.5) is 0 Å². The summed E-state index contributed by atoms with van der Waals surface area (Å²) in [6.07, 6.45) is 5.08. The summed E-state index contributed by atoms with van der Waals surface area (Å²) in [5, 5.41) is 6.88. The molecule has 25 heavy (non-hydrogen) atoms. The summed E-state index contributed by atoms with van der Waals surface area (Å²) in [6, 6.07) is 9.37. The van der Waals surface area contributed by atoms with Gasteiger partial charge >= 0.3 is 0 Å². The molecule has 0 radical (unpaired) electrons. The van der Waals surface area contributed by atoms with Crippen LogP contribution in [0.25, 0.3) is 0 Å². The highest BCUT2D eigenvalue weighted by Gasteiger charge is 2.25. The first-order chi connectivity index (χ1) is 11.8. The van der Waals surface area contributed by atoms with Crippen LogP contribution in [0, 0.1) is 0 Å². The average molecular weight is 458 g/mol. The number of nitrogens with zero attached hydrogens (tertiary/aromatic N) is 2. The molecule has 6 heteroatoms. The van der Waals surface area contributed by atoms with Gasteiger partial charge in [0.1, 0.15) is 5.75 Å². The van der Waals surface area contributed by atoms with E-state index in [9.17, 15) is 0 Å². The third-order valence-corrected chi connectivity index (χ3v) is 4.74. The van der Waals surface area contributed by atoms with Crippen molar-refractivity contribution in [1.29, 1.82) is 0 Å². The van der Waals surface area contributed by atoms with Gasteiger partial charge in [0, 0.05) is 12.6 Å². The van der Waals surface area contributed by atoms with E-state index >= 15 is 0 Å². The Morgan fingerprint density at radius 1 is 1.32 bits per heavy atom. The highest BCUT2D eigenvalue weighted by atomic mass is 127. The maximum atomic E-state index is 5.41. The number of benzene rings is 1. The Kier molecular flexibility index (Phi) is 8.29. The van der Waals surface area contributed by atoms with E-state index in [1.807, 2.05) is 6.07 Å². The molecule has 1 aromatic rings. The van der Waals surface area contributed by atoms with Gasteiger partial charge in [-0.15, -0.1) is 24.0 Å². The van der Waals surface area contributed by atoms with E-state index in [4.69, 9.17) is 9.73 Å². The third kappa shape index (κ3) is 6.02. The molecule has 1 aliphatic carbocycles. The SMILES string of the molecule is CCNC(=NCC(c1cccc(OC)c1)N1CCCC1)NC1CC1.I. The molecule has 1 unspecified atom stereocenters. The molecule has 1 saturated heterocycles. The minimum absolute atomic E-state index is 0. The van der Waals surface area contributed by atoms with Crippen molar-refractivity contribution < 1.29 is 4.74 Å². The van der Waals surface area contributed by atoms with Crippen LogP contribution in [0.3, 0.4) is 0 Å². The molecule has 1 aliphatic heterocycles. The fourth-order valence-corrected chi connectivity index (χ4v) is 3.25. The summed E-state index contributed by atoms with van der Waals surface area (Å²) >= 11 is 0. The first-order valence-electron chi connectivity index (χ1n) is 9.23. The van der Waals surface area contributed by atoms with Crippen LogP contribution in [0.2, 0.25) is 0 Å². The van der Waals surface area contributed by atoms with Crippen molar-refractivity contribution in [3.8, 4) is 5.75 Å². The number of nitrogens with one attached hydrogen (secondary N) is 2. The summed E-state index contributed by atoms with van der Waals surface area (Å²) in [6.45, 7) is 6.10. The van der Waals surface area contributed by atoms with Crippen molar-refractivity contribution in [1.82, 2.24) is 15.5 Å². The predicted octanol–water partition coefficient (Wildman–Crippen LogP) is 3.17. The molecule has 0 amide bonds. The minimum atomic E-state index is 0. The average Bonchev–Trinajstić information content (AvgIpc) is 3.26. The molecule has 2 N–H and O–H groups in total. The van der Waals surface area contributed by atoms with E-state index in [1.165, 1.54) is 31.2 Å². The Balaban J connectivity index is 0.00000225. The normalized spacial score (nSPS) is 19.2. The Bertz CT molecular complexity index is 556. The van der Waals surface area contributed by atoms with E-state index in [0.717, 1.165) is 37.9 Å². The Morgan fingerprint density at radius 2 is 2.08 bits per heavy atom. The lowest BCUT2D eigenvalue weighted by Gasteiger charge is -2.27. The molecule has 0 aromatic heterocycles. The van der Waals surface area contributed by atoms with Gasteiger partial charge in [-0.3, -0.25) is 9.89 Å². The van der Waals surface area contributed by atoms with Gasteiger partial charge in [0.25, 0.3) is 0 Å². The summed E-state index contributed by atoms with van der Waals surface area (Å²) in [5.41, 5.74) is 1.29. The monoisotopic (exact) mass is 458 g/mol. The van der Waals surface area contributed by atoms with Crippen LogP contribution < -0.4 is 15.4 Å². The molecule has 3 rings (SSSR count). The van der Waals surface area contributed by atoms with Crippen LogP contribution in [0.1, 0.15) is 44.2 Å². The fraction of sp³-hybridized carbons (Fsp3) is 0.632. The minimum Gasteiger partial charge on any atom is -0.497 e. The molecule has 1 heterocycles. The topological polar surface area (TPSA) is 48.9 Å². The number of guanidine groups is 1. The molecule has 0 bridgehead atoms. The zero-order valence-corrected chi connectivity index (χ0v) is 17.7. The lowest BCUT2D eigenvalue weighted by Crippen LogP contribution is -2.39. The molecule has 1 aromatic carbocycles. The van der Waals surface area contributed by atoms with Gasteiger partial charge in [0.05, 0.1) is 19.7 Å². The first kappa shape index (κ1) is 20.3. The largest absolute Gasteiger partial charge is 0.497 e. The van der Waals surface area contributed by atoms with Crippen molar-refractivity contribution in [3.05, 3.63) is 29.8 Å². The number of methoxy groups -OCH3 is 1. The lowest BCUT2D eigenvalue weighted by molar-refractivity contribution is 0.251. The van der Waals surface area contributed by atoms with Crippen molar-refractivity contribution >= 4 is 29.9 Å². The number of rotatable bonds is 7. The second-order valence-corrected chi connectivity index (χ2v) is 6.67. The van der Waals surface area contributed by atoms with Crippen molar-refractivity contribution in [2.75, 3.05) is 33.3 Å². The van der Waals surface area contributed by atoms with Crippen LogP contribution >= 0.6 is 24.0 Å². The van der Waals surface area contributed by atoms with Gasteiger partial charge in [0.2, 0.25) is 0 Å². The van der Waals surface area contributed by atoms with Crippen LogP contribution in [-0.2, 0) is 0 Å². The first-order valence-corrected chi connectivity index (χ1v) is 9.23. The number of aliphatic imine (C=N–C) groups is 1. The zero-order valence-electron chi connectivity index (χ0n) is 15.3. The number of likely N-dealkylation sites (tertiary alicyclic amines) is 1. The Morgan fingerprint density at radius 3 is 2.72 bits per heavy atom. The maximum Gasteiger partial charge on any atom is 0.191 e. The van der Waals surface area contributed by atoms with E-state index in [-0.39, 0.29) is 24.0 Å². The van der Waals surface area contributed by atoms with Gasteiger partial charge in [-0.2, -0.15) is 0 Å². The number of halogens is 1. The number of ether oxygens (including phenoxy) is 1. The van der Waals surface area contributed by atoms with Gasteiger partial charge in [-0.1, -0.05) is 12.1 Å². The summed E-state index contributed by atoms with van der Waals surface area (Å²) in [5.74, 6) is 1.87. The lowest BCUT2D eigenvalue weighted by atomic mass is 10.1.